The second-order valence-corrected chi connectivity index (χ2v) is 9.35. The van der Waals surface area contributed by atoms with Gasteiger partial charge in [-0.15, -0.1) is 0 Å². The summed E-state index contributed by atoms with van der Waals surface area (Å²) in [4.78, 5) is 55.0. The molecule has 1 aromatic carbocycles. The molecule has 8 nitrogen and oxygen atoms in total. The molecule has 190 valence electrons. The van der Waals surface area contributed by atoms with Crippen LogP contribution < -0.4 is 10.1 Å². The van der Waals surface area contributed by atoms with Crippen LogP contribution in [0.5, 0.6) is 5.75 Å². The van der Waals surface area contributed by atoms with Gasteiger partial charge in [0.25, 0.3) is 0 Å². The lowest BCUT2D eigenvalue weighted by Crippen LogP contribution is -2.51. The van der Waals surface area contributed by atoms with E-state index in [1.54, 1.807) is 12.0 Å². The third-order valence-corrected chi connectivity index (χ3v) is 7.05. The van der Waals surface area contributed by atoms with E-state index < -0.39 is 6.04 Å². The number of ether oxygens (including phenoxy) is 1. The number of fused-ring (bicyclic) bond motifs is 1. The summed E-state index contributed by atoms with van der Waals surface area (Å²) in [6.07, 6.45) is 6.23. The standard InChI is InChI=1S/C27H37N3O5/c1-5-18(3)28-25(32)23(6-2)30(17-19-11-13-20(35-4)14-12-19)24(31)15-16-29-26(33)21-9-7-8-10-22(21)27(29)34/h7-8,11-14,18,21-23H,5-6,9-10,15-17H2,1-4H3,(H,28,32)/t18-,21-,22+,23+/m1/s1. The molecule has 1 aromatic rings. The topological polar surface area (TPSA) is 96.0 Å². The van der Waals surface area contributed by atoms with E-state index in [0.29, 0.717) is 25.0 Å². The van der Waals surface area contributed by atoms with Crippen molar-refractivity contribution in [2.24, 2.45) is 11.8 Å². The van der Waals surface area contributed by atoms with Gasteiger partial charge in [0, 0.05) is 25.6 Å². The fourth-order valence-electron chi connectivity index (χ4n) is 4.73. The average molecular weight is 484 g/mol. The molecule has 1 saturated heterocycles. The molecule has 4 atom stereocenters. The minimum absolute atomic E-state index is 0.00807. The monoisotopic (exact) mass is 483 g/mol. The number of hydrogen-bond acceptors (Lipinski definition) is 5. The van der Waals surface area contributed by atoms with E-state index in [-0.39, 0.29) is 61.0 Å². The van der Waals surface area contributed by atoms with Crippen molar-refractivity contribution in [1.29, 1.82) is 0 Å². The highest BCUT2D eigenvalue weighted by Crippen LogP contribution is 2.35. The van der Waals surface area contributed by atoms with E-state index in [1.807, 2.05) is 57.2 Å². The minimum Gasteiger partial charge on any atom is -0.497 e. The zero-order chi connectivity index (χ0) is 25.5. The van der Waals surface area contributed by atoms with Crippen LogP contribution in [0.3, 0.4) is 0 Å². The number of amides is 4. The first-order valence-electron chi connectivity index (χ1n) is 12.5. The van der Waals surface area contributed by atoms with E-state index >= 15 is 0 Å². The Morgan fingerprint density at radius 3 is 2.17 bits per heavy atom. The maximum absolute atomic E-state index is 13.5. The summed E-state index contributed by atoms with van der Waals surface area (Å²) in [7, 11) is 1.59. The maximum Gasteiger partial charge on any atom is 0.243 e. The van der Waals surface area contributed by atoms with Gasteiger partial charge in [-0.1, -0.05) is 38.1 Å². The van der Waals surface area contributed by atoms with Gasteiger partial charge in [-0.2, -0.15) is 0 Å². The van der Waals surface area contributed by atoms with Gasteiger partial charge in [-0.05, 0) is 50.3 Å². The lowest BCUT2D eigenvalue weighted by molar-refractivity contribution is -0.144. The van der Waals surface area contributed by atoms with Crippen molar-refractivity contribution in [2.45, 2.75) is 71.5 Å². The smallest absolute Gasteiger partial charge is 0.243 e. The van der Waals surface area contributed by atoms with Gasteiger partial charge >= 0.3 is 0 Å². The zero-order valence-corrected chi connectivity index (χ0v) is 21.2. The molecular weight excluding hydrogens is 446 g/mol. The molecule has 2 aliphatic rings. The van der Waals surface area contributed by atoms with Gasteiger partial charge in [0.15, 0.2) is 0 Å². The summed E-state index contributed by atoms with van der Waals surface area (Å²) in [5, 5.41) is 2.99. The van der Waals surface area contributed by atoms with Gasteiger partial charge in [-0.25, -0.2) is 0 Å². The first kappa shape index (κ1) is 26.4. The summed E-state index contributed by atoms with van der Waals surface area (Å²) < 4.78 is 5.22. The molecule has 1 aliphatic carbocycles. The van der Waals surface area contributed by atoms with E-state index in [0.717, 1.165) is 12.0 Å². The quantitative estimate of drug-likeness (QED) is 0.386. The van der Waals surface area contributed by atoms with Crippen molar-refractivity contribution < 1.29 is 23.9 Å². The van der Waals surface area contributed by atoms with Crippen LogP contribution in [-0.2, 0) is 25.7 Å². The number of allylic oxidation sites excluding steroid dienone is 2. The molecule has 0 bridgehead atoms. The first-order chi connectivity index (χ1) is 16.8. The highest BCUT2D eigenvalue weighted by molar-refractivity contribution is 6.05. The molecule has 0 aromatic heterocycles. The normalized spacial score (nSPS) is 20.9. The molecule has 8 heteroatoms. The summed E-state index contributed by atoms with van der Waals surface area (Å²) in [6, 6.07) is 6.69. The summed E-state index contributed by atoms with van der Waals surface area (Å²) in [6.45, 7) is 6.07. The number of likely N-dealkylation sites (tertiary alicyclic amines) is 1. The largest absolute Gasteiger partial charge is 0.497 e. The second-order valence-electron chi connectivity index (χ2n) is 9.35. The van der Waals surface area contributed by atoms with E-state index in [2.05, 4.69) is 5.32 Å². The SMILES string of the molecule is CC[C@@H](C)NC(=O)[C@H](CC)N(Cc1ccc(OC)cc1)C(=O)CCN1C(=O)[C@H]2CC=CC[C@H]2C1=O. The van der Waals surface area contributed by atoms with E-state index in [9.17, 15) is 19.2 Å². The minimum atomic E-state index is -0.657. The molecule has 1 fully saturated rings. The van der Waals surface area contributed by atoms with Crippen LogP contribution in [0.4, 0.5) is 0 Å². The van der Waals surface area contributed by atoms with Gasteiger partial charge < -0.3 is 15.0 Å². The van der Waals surface area contributed by atoms with Crippen molar-refractivity contribution in [3.05, 3.63) is 42.0 Å². The molecule has 0 radical (unpaired) electrons. The van der Waals surface area contributed by atoms with Crippen molar-refractivity contribution in [1.82, 2.24) is 15.1 Å². The van der Waals surface area contributed by atoms with E-state index in [1.165, 1.54) is 4.90 Å². The van der Waals surface area contributed by atoms with Crippen LogP contribution in [-0.4, -0.2) is 59.2 Å². The summed E-state index contributed by atoms with van der Waals surface area (Å²) in [5.41, 5.74) is 0.861. The van der Waals surface area contributed by atoms with Gasteiger partial charge in [0.05, 0.1) is 18.9 Å². The highest BCUT2D eigenvalue weighted by atomic mass is 16.5. The van der Waals surface area contributed by atoms with Crippen LogP contribution in [0.2, 0.25) is 0 Å². The first-order valence-corrected chi connectivity index (χ1v) is 12.5. The number of nitrogens with one attached hydrogen (secondary N) is 1. The Labute approximate surface area is 207 Å². The number of carbonyl (C=O) groups is 4. The predicted octanol–water partition coefficient (Wildman–Crippen LogP) is 3.06. The number of imide groups is 1. The third kappa shape index (κ3) is 6.10. The second kappa shape index (κ2) is 12.0. The van der Waals surface area contributed by atoms with Crippen molar-refractivity contribution in [3.8, 4) is 5.75 Å². The van der Waals surface area contributed by atoms with Gasteiger partial charge in [0.1, 0.15) is 11.8 Å². The number of nitrogens with zero attached hydrogens (tertiary/aromatic N) is 2. The molecule has 1 aliphatic heterocycles. The number of methoxy groups -OCH3 is 1. The molecule has 3 rings (SSSR count). The molecule has 1 N–H and O–H groups in total. The van der Waals surface area contributed by atoms with Crippen LogP contribution >= 0.6 is 0 Å². The van der Waals surface area contributed by atoms with Gasteiger partial charge in [-0.3, -0.25) is 24.1 Å². The van der Waals surface area contributed by atoms with Crippen molar-refractivity contribution in [2.75, 3.05) is 13.7 Å². The van der Waals surface area contributed by atoms with Crippen molar-refractivity contribution >= 4 is 23.6 Å². The highest BCUT2D eigenvalue weighted by Gasteiger charge is 2.47. The Hall–Kier alpha value is -3.16. The number of hydrogen-bond donors (Lipinski definition) is 1. The third-order valence-electron chi connectivity index (χ3n) is 7.05. The van der Waals surface area contributed by atoms with Crippen molar-refractivity contribution in [3.63, 3.8) is 0 Å². The maximum atomic E-state index is 13.5. The van der Waals surface area contributed by atoms with Gasteiger partial charge in [0.2, 0.25) is 23.6 Å². The number of carbonyl (C=O) groups excluding carboxylic acids is 4. The molecule has 0 unspecified atom stereocenters. The molecular formula is C27H37N3O5. The lowest BCUT2D eigenvalue weighted by Gasteiger charge is -2.32. The fraction of sp³-hybridized carbons (Fsp3) is 0.556. The molecule has 4 amide bonds. The average Bonchev–Trinajstić information content (AvgIpc) is 3.12. The lowest BCUT2D eigenvalue weighted by atomic mass is 9.85. The molecule has 0 spiro atoms. The van der Waals surface area contributed by atoms with Crippen LogP contribution in [0.25, 0.3) is 0 Å². The molecule has 1 heterocycles. The van der Waals surface area contributed by atoms with Crippen LogP contribution in [0, 0.1) is 11.8 Å². The fourth-order valence-corrected chi connectivity index (χ4v) is 4.73. The van der Waals surface area contributed by atoms with E-state index in [4.69, 9.17) is 4.74 Å². The number of rotatable bonds is 11. The predicted molar refractivity (Wildman–Crippen MR) is 132 cm³/mol. The van der Waals surface area contributed by atoms with Crippen LogP contribution in [0.15, 0.2) is 36.4 Å². The summed E-state index contributed by atoms with van der Waals surface area (Å²) >= 11 is 0. The Kier molecular flexibility index (Phi) is 9.07. The number of benzene rings is 1. The zero-order valence-electron chi connectivity index (χ0n) is 21.2. The van der Waals surface area contributed by atoms with Crippen LogP contribution in [0.1, 0.15) is 58.4 Å². The summed E-state index contributed by atoms with van der Waals surface area (Å²) in [5.74, 6) is -0.781. The molecule has 0 saturated carbocycles. The Morgan fingerprint density at radius 1 is 1.06 bits per heavy atom. The molecule has 35 heavy (non-hydrogen) atoms. The Morgan fingerprint density at radius 2 is 1.66 bits per heavy atom. The Balaban J connectivity index is 1.76. The Bertz CT molecular complexity index is 932.